The molecule has 0 bridgehead atoms. The van der Waals surface area contributed by atoms with Crippen LogP contribution in [0.15, 0.2) is 60.7 Å². The molecule has 1 aromatic heterocycles. The number of phenolic OH excluding ortho intramolecular Hbond substituents is 1. The lowest BCUT2D eigenvalue weighted by molar-refractivity contribution is 0.151. The maximum atomic E-state index is 13.1. The molecule has 1 aliphatic heterocycles. The summed E-state index contributed by atoms with van der Waals surface area (Å²) in [5, 5.41) is 13.7. The van der Waals surface area contributed by atoms with E-state index in [2.05, 4.69) is 5.32 Å². The quantitative estimate of drug-likeness (QED) is 0.275. The zero-order chi connectivity index (χ0) is 24.0. The number of carbonyl (C=O) groups is 1. The van der Waals surface area contributed by atoms with E-state index in [1.54, 1.807) is 30.3 Å². The Labute approximate surface area is 214 Å². The number of carbonyl (C=O) groups excluding carboxylic acids is 1. The molecule has 0 amide bonds. The molecule has 2 N–H and O–H groups in total. The fourth-order valence-electron chi connectivity index (χ4n) is 3.88. The van der Waals surface area contributed by atoms with E-state index in [0.717, 1.165) is 17.1 Å². The van der Waals surface area contributed by atoms with E-state index in [0.29, 0.717) is 29.1 Å². The fourth-order valence-corrected chi connectivity index (χ4v) is 4.16. The average Bonchev–Trinajstić information content (AvgIpc) is 3.40. The minimum atomic E-state index is -1.74. The fraction of sp³-hybridized carbons (Fsp3) is 0.130. The lowest BCUT2D eigenvalue weighted by Crippen LogP contribution is -2.21. The molecular weight excluding hydrogens is 522 g/mol. The number of fused-ring (bicyclic) bond motifs is 2. The van der Waals surface area contributed by atoms with E-state index < -0.39 is 16.5 Å². The topological polar surface area (TPSA) is 79.6 Å². The monoisotopic (exact) mass is 536 g/mol. The van der Waals surface area contributed by atoms with Crippen molar-refractivity contribution in [2.45, 2.75) is 3.79 Å². The van der Waals surface area contributed by atoms with Crippen LogP contribution in [0.3, 0.4) is 0 Å². The van der Waals surface area contributed by atoms with Gasteiger partial charge in [0.25, 0.3) is 0 Å². The first-order chi connectivity index (χ1) is 16.2. The number of ether oxygens (including phenoxy) is 1. The smallest absolute Gasteiger partial charge is 0.420 e. The number of alkyl halides is 3. The van der Waals surface area contributed by atoms with Gasteiger partial charge in [0, 0.05) is 17.3 Å². The second-order valence-corrected chi connectivity index (χ2v) is 10.5. The summed E-state index contributed by atoms with van der Waals surface area (Å²) in [6.07, 6.45) is -0.717. The number of benzene rings is 3. The Morgan fingerprint density at radius 1 is 1.12 bits per heavy atom. The molecule has 3 aromatic carbocycles. The number of anilines is 3. The first-order valence-corrected chi connectivity index (χ1v) is 11.6. The Kier molecular flexibility index (Phi) is 5.90. The van der Waals surface area contributed by atoms with Crippen LogP contribution >= 0.6 is 46.4 Å². The normalized spacial score (nSPS) is 13.1. The molecule has 11 heteroatoms. The van der Waals surface area contributed by atoms with Crippen molar-refractivity contribution in [2.24, 2.45) is 0 Å². The van der Waals surface area contributed by atoms with E-state index in [1.165, 1.54) is 4.57 Å². The third kappa shape index (κ3) is 4.20. The molecule has 0 saturated carbocycles. The second-order valence-electron chi connectivity index (χ2n) is 7.53. The lowest BCUT2D eigenvalue weighted by Gasteiger charge is -2.19. The Bertz CT molecular complexity index is 1420. The molecule has 1 aliphatic rings. The van der Waals surface area contributed by atoms with E-state index >= 15 is 0 Å². The first-order valence-electron chi connectivity index (χ1n) is 10.1. The number of aromatic hydroxyl groups is 1. The summed E-state index contributed by atoms with van der Waals surface area (Å²) in [7, 11) is 0. The highest BCUT2D eigenvalue weighted by molar-refractivity contribution is 6.67. The molecule has 0 spiro atoms. The molecule has 0 unspecified atom stereocenters. The van der Waals surface area contributed by atoms with Crippen LogP contribution in [0.1, 0.15) is 0 Å². The summed E-state index contributed by atoms with van der Waals surface area (Å²) in [5.74, 6) is 0.364. The number of imidazole rings is 1. The van der Waals surface area contributed by atoms with Gasteiger partial charge in [-0.2, -0.15) is 0 Å². The lowest BCUT2D eigenvalue weighted by atomic mass is 10.1. The van der Waals surface area contributed by atoms with Gasteiger partial charge in [0.2, 0.25) is 3.79 Å². The number of phenols is 1. The van der Waals surface area contributed by atoms with Crippen LogP contribution < -0.4 is 10.2 Å². The standard InChI is InChI=1S/C23H16Cl4N4O3/c24-15-9-8-13(10-19(15)32)30-12-28-20-14(4-3-7-18(20)30)21-29-16-5-1-2-6-17(16)31(21)22(33)34-11-23(25,26)27/h1-10,28,32H,11-12H2. The van der Waals surface area contributed by atoms with Gasteiger partial charge in [-0.1, -0.05) is 64.6 Å². The number of rotatable bonds is 3. The maximum Gasteiger partial charge on any atom is 0.420 e. The van der Waals surface area contributed by atoms with Crippen molar-refractivity contribution in [2.75, 3.05) is 23.5 Å². The molecule has 7 nitrogen and oxygen atoms in total. The zero-order valence-electron chi connectivity index (χ0n) is 17.3. The first kappa shape index (κ1) is 22.9. The van der Waals surface area contributed by atoms with Crippen molar-refractivity contribution in [1.82, 2.24) is 9.55 Å². The average molecular weight is 538 g/mol. The Balaban J connectivity index is 1.61. The van der Waals surface area contributed by atoms with Gasteiger partial charge in [0.15, 0.2) is 5.82 Å². The molecular formula is C23H16Cl4N4O3. The Morgan fingerprint density at radius 3 is 2.68 bits per heavy atom. The van der Waals surface area contributed by atoms with Crippen molar-refractivity contribution in [3.05, 3.63) is 65.7 Å². The zero-order valence-corrected chi connectivity index (χ0v) is 20.3. The predicted molar refractivity (Wildman–Crippen MR) is 136 cm³/mol. The molecule has 0 atom stereocenters. The van der Waals surface area contributed by atoms with E-state index in [4.69, 9.17) is 56.1 Å². The number of nitrogens with one attached hydrogen (secondary N) is 1. The molecule has 0 aliphatic carbocycles. The highest BCUT2D eigenvalue weighted by atomic mass is 35.6. The van der Waals surface area contributed by atoms with Crippen LogP contribution in [-0.4, -0.2) is 37.8 Å². The van der Waals surface area contributed by atoms with Crippen molar-refractivity contribution >= 4 is 80.6 Å². The SMILES string of the molecule is O=C(OCC(Cl)(Cl)Cl)n1c(-c2cccc3c2NCN3c2ccc(Cl)c(O)c2)nc2ccccc21. The summed E-state index contributed by atoms with van der Waals surface area (Å²) in [5.41, 5.74) is 4.21. The largest absolute Gasteiger partial charge is 0.506 e. The molecule has 0 saturated heterocycles. The van der Waals surface area contributed by atoms with Crippen LogP contribution in [0.2, 0.25) is 5.02 Å². The van der Waals surface area contributed by atoms with Crippen molar-refractivity contribution < 1.29 is 14.6 Å². The van der Waals surface area contributed by atoms with E-state index in [9.17, 15) is 9.90 Å². The highest BCUT2D eigenvalue weighted by Crippen LogP contribution is 2.44. The summed E-state index contributed by atoms with van der Waals surface area (Å²) in [4.78, 5) is 19.7. The predicted octanol–water partition coefficient (Wildman–Crippen LogP) is 6.94. The van der Waals surface area contributed by atoms with Gasteiger partial charge in [-0.25, -0.2) is 14.3 Å². The Hall–Kier alpha value is -2.84. The molecule has 0 fully saturated rings. The molecule has 2 heterocycles. The van der Waals surface area contributed by atoms with Crippen LogP contribution in [0.25, 0.3) is 22.4 Å². The van der Waals surface area contributed by atoms with Gasteiger partial charge in [0.1, 0.15) is 12.4 Å². The van der Waals surface area contributed by atoms with Gasteiger partial charge >= 0.3 is 6.09 Å². The molecule has 34 heavy (non-hydrogen) atoms. The number of halogens is 4. The molecule has 4 aromatic rings. The summed E-state index contributed by atoms with van der Waals surface area (Å²) in [6.45, 7) is 0.0206. The number of para-hydroxylation sites is 3. The van der Waals surface area contributed by atoms with Crippen molar-refractivity contribution in [3.63, 3.8) is 0 Å². The van der Waals surface area contributed by atoms with Crippen LogP contribution in [0.5, 0.6) is 5.75 Å². The van der Waals surface area contributed by atoms with Crippen LogP contribution in [0.4, 0.5) is 21.9 Å². The van der Waals surface area contributed by atoms with Gasteiger partial charge < -0.3 is 20.1 Å². The third-order valence-corrected chi connectivity index (χ3v) is 5.98. The Morgan fingerprint density at radius 2 is 1.91 bits per heavy atom. The number of hydrogen-bond donors (Lipinski definition) is 2. The number of hydrogen-bond acceptors (Lipinski definition) is 6. The molecule has 174 valence electrons. The van der Waals surface area contributed by atoms with E-state index in [-0.39, 0.29) is 10.8 Å². The molecule has 5 rings (SSSR count). The maximum absolute atomic E-state index is 13.1. The second kappa shape index (κ2) is 8.74. The van der Waals surface area contributed by atoms with Gasteiger partial charge in [0.05, 0.1) is 34.1 Å². The minimum absolute atomic E-state index is 0.0118. The van der Waals surface area contributed by atoms with Gasteiger partial charge in [-0.05, 0) is 36.4 Å². The van der Waals surface area contributed by atoms with E-state index in [1.807, 2.05) is 35.2 Å². The van der Waals surface area contributed by atoms with Gasteiger partial charge in [-0.15, -0.1) is 0 Å². The van der Waals surface area contributed by atoms with Crippen molar-refractivity contribution in [1.29, 1.82) is 0 Å². The van der Waals surface area contributed by atoms with Crippen LogP contribution in [-0.2, 0) is 4.74 Å². The summed E-state index contributed by atoms with van der Waals surface area (Å²) >= 11 is 23.3. The highest BCUT2D eigenvalue weighted by Gasteiger charge is 2.29. The summed E-state index contributed by atoms with van der Waals surface area (Å²) < 4.78 is 4.89. The van der Waals surface area contributed by atoms with Crippen molar-refractivity contribution in [3.8, 4) is 17.1 Å². The van der Waals surface area contributed by atoms with Crippen LogP contribution in [0, 0.1) is 0 Å². The molecule has 0 radical (unpaired) electrons. The minimum Gasteiger partial charge on any atom is -0.506 e. The number of aromatic nitrogens is 2. The number of nitrogens with zero attached hydrogens (tertiary/aromatic N) is 3. The summed E-state index contributed by atoms with van der Waals surface area (Å²) in [6, 6.07) is 17.9. The third-order valence-electron chi connectivity index (χ3n) is 5.33. The van der Waals surface area contributed by atoms with Gasteiger partial charge in [-0.3, -0.25) is 0 Å².